The summed E-state index contributed by atoms with van der Waals surface area (Å²) in [6.45, 7) is 4.72. The van der Waals surface area contributed by atoms with E-state index in [0.717, 1.165) is 41.3 Å². The van der Waals surface area contributed by atoms with E-state index in [4.69, 9.17) is 14.2 Å². The number of fused-ring (bicyclic) bond motifs is 1. The molecule has 1 aliphatic rings. The van der Waals surface area contributed by atoms with Crippen LogP contribution in [-0.2, 0) is 19.5 Å². The highest BCUT2D eigenvalue weighted by Crippen LogP contribution is 2.32. The third-order valence-corrected chi connectivity index (χ3v) is 5.38. The molecule has 7 nitrogen and oxygen atoms in total. The van der Waals surface area contributed by atoms with Crippen molar-refractivity contribution >= 4 is 5.69 Å². The zero-order valence-electron chi connectivity index (χ0n) is 18.0. The van der Waals surface area contributed by atoms with Gasteiger partial charge in [-0.05, 0) is 48.7 Å². The summed E-state index contributed by atoms with van der Waals surface area (Å²) < 4.78 is 16.4. The molecule has 0 unspecified atom stereocenters. The maximum Gasteiger partial charge on any atom is 0.273 e. The summed E-state index contributed by atoms with van der Waals surface area (Å²) >= 11 is 0. The number of para-hydroxylation sites is 1. The molecule has 0 fully saturated rings. The third kappa shape index (κ3) is 5.36. The lowest BCUT2D eigenvalue weighted by molar-refractivity contribution is -0.385. The number of benzene rings is 3. The lowest BCUT2D eigenvalue weighted by Crippen LogP contribution is -2.25. The molecule has 0 amide bonds. The van der Waals surface area contributed by atoms with Crippen LogP contribution in [0, 0.1) is 10.1 Å². The van der Waals surface area contributed by atoms with Gasteiger partial charge in [-0.15, -0.1) is 0 Å². The summed E-state index contributed by atoms with van der Waals surface area (Å²) in [6.07, 6.45) is 0.786. The van der Waals surface area contributed by atoms with Gasteiger partial charge in [-0.2, -0.15) is 0 Å². The minimum Gasteiger partial charge on any atom is -0.494 e. The Bertz CT molecular complexity index is 1070. The predicted octanol–water partition coefficient (Wildman–Crippen LogP) is 4.97. The normalized spacial score (nSPS) is 12.2. The second kappa shape index (κ2) is 10.2. The van der Waals surface area contributed by atoms with Gasteiger partial charge < -0.3 is 14.2 Å². The van der Waals surface area contributed by atoms with Crippen LogP contribution in [0.4, 0.5) is 5.69 Å². The number of rotatable bonds is 10. The highest BCUT2D eigenvalue weighted by atomic mass is 16.7. The van der Waals surface area contributed by atoms with E-state index in [-0.39, 0.29) is 17.4 Å². The van der Waals surface area contributed by atoms with Crippen LogP contribution in [0.1, 0.15) is 23.6 Å². The monoisotopic (exact) mass is 434 g/mol. The molecule has 0 aromatic heterocycles. The van der Waals surface area contributed by atoms with Crippen molar-refractivity contribution in [3.63, 3.8) is 0 Å². The standard InChI is InChI=1S/C25H26N2O5/c1-2-30-22-10-7-20(8-11-22)16-26(17-21-5-3-4-6-23(21)27(28)29)14-13-19-9-12-24-25(15-19)32-18-31-24/h3-12,15H,2,13-14,16-18H2,1H3. The van der Waals surface area contributed by atoms with E-state index < -0.39 is 0 Å². The molecule has 0 spiro atoms. The minimum absolute atomic E-state index is 0.146. The lowest BCUT2D eigenvalue weighted by Gasteiger charge is -2.23. The van der Waals surface area contributed by atoms with Crippen LogP contribution >= 0.6 is 0 Å². The molecule has 1 heterocycles. The molecule has 0 radical (unpaired) electrons. The molecule has 0 aliphatic carbocycles. The van der Waals surface area contributed by atoms with Gasteiger partial charge in [-0.25, -0.2) is 0 Å². The SMILES string of the molecule is CCOc1ccc(CN(CCc2ccc3c(c2)OCO3)Cc2ccccc2[N+](=O)[O-])cc1. The van der Waals surface area contributed by atoms with Crippen LogP contribution in [0.15, 0.2) is 66.7 Å². The number of nitro benzene ring substituents is 1. The van der Waals surface area contributed by atoms with Gasteiger partial charge in [0, 0.05) is 31.3 Å². The fraction of sp³-hybridized carbons (Fsp3) is 0.280. The second-order valence-corrected chi connectivity index (χ2v) is 7.61. The number of ether oxygens (including phenoxy) is 3. The highest BCUT2D eigenvalue weighted by molar-refractivity contribution is 5.44. The number of nitrogens with zero attached hydrogens (tertiary/aromatic N) is 2. The van der Waals surface area contributed by atoms with Gasteiger partial charge >= 0.3 is 0 Å². The fourth-order valence-corrected chi connectivity index (χ4v) is 3.78. The van der Waals surface area contributed by atoms with E-state index in [2.05, 4.69) is 4.90 Å². The van der Waals surface area contributed by atoms with E-state index in [0.29, 0.717) is 25.3 Å². The molecule has 32 heavy (non-hydrogen) atoms. The molecule has 0 atom stereocenters. The molecule has 0 N–H and O–H groups in total. The second-order valence-electron chi connectivity index (χ2n) is 7.61. The highest BCUT2D eigenvalue weighted by Gasteiger charge is 2.17. The number of hydrogen-bond acceptors (Lipinski definition) is 6. The molecule has 0 bridgehead atoms. The Kier molecular flexibility index (Phi) is 6.87. The fourth-order valence-electron chi connectivity index (χ4n) is 3.78. The first-order valence-corrected chi connectivity index (χ1v) is 10.7. The largest absolute Gasteiger partial charge is 0.494 e. The Morgan fingerprint density at radius 3 is 2.50 bits per heavy atom. The third-order valence-electron chi connectivity index (χ3n) is 5.38. The number of hydrogen-bond donors (Lipinski definition) is 0. The van der Waals surface area contributed by atoms with Crippen LogP contribution in [0.2, 0.25) is 0 Å². The van der Waals surface area contributed by atoms with E-state index in [1.165, 1.54) is 0 Å². The van der Waals surface area contributed by atoms with Gasteiger partial charge in [0.15, 0.2) is 11.5 Å². The van der Waals surface area contributed by atoms with Crippen molar-refractivity contribution in [1.82, 2.24) is 4.90 Å². The van der Waals surface area contributed by atoms with Crippen LogP contribution in [0.3, 0.4) is 0 Å². The average Bonchev–Trinajstić information content (AvgIpc) is 3.27. The zero-order valence-corrected chi connectivity index (χ0v) is 18.0. The quantitative estimate of drug-likeness (QED) is 0.331. The van der Waals surface area contributed by atoms with E-state index in [1.807, 2.05) is 61.5 Å². The Labute approximate surface area is 187 Å². The lowest BCUT2D eigenvalue weighted by atomic mass is 10.1. The summed E-state index contributed by atoms with van der Waals surface area (Å²) in [5.74, 6) is 2.36. The van der Waals surface area contributed by atoms with Gasteiger partial charge in [0.25, 0.3) is 5.69 Å². The summed E-state index contributed by atoms with van der Waals surface area (Å²) in [6, 6.07) is 20.9. The summed E-state index contributed by atoms with van der Waals surface area (Å²) in [4.78, 5) is 13.4. The smallest absolute Gasteiger partial charge is 0.273 e. The van der Waals surface area contributed by atoms with Crippen LogP contribution in [0.5, 0.6) is 17.2 Å². The zero-order chi connectivity index (χ0) is 22.3. The molecule has 0 saturated heterocycles. The van der Waals surface area contributed by atoms with Crippen molar-refractivity contribution in [3.05, 3.63) is 93.5 Å². The van der Waals surface area contributed by atoms with Gasteiger partial charge in [-0.3, -0.25) is 15.0 Å². The van der Waals surface area contributed by atoms with Crippen LogP contribution in [0.25, 0.3) is 0 Å². The maximum absolute atomic E-state index is 11.5. The van der Waals surface area contributed by atoms with Crippen molar-refractivity contribution in [1.29, 1.82) is 0 Å². The number of nitro groups is 1. The predicted molar refractivity (Wildman–Crippen MR) is 121 cm³/mol. The Hall–Kier alpha value is -3.58. The van der Waals surface area contributed by atoms with E-state index in [9.17, 15) is 10.1 Å². The topological polar surface area (TPSA) is 74.1 Å². The van der Waals surface area contributed by atoms with Crippen molar-refractivity contribution in [2.24, 2.45) is 0 Å². The average molecular weight is 434 g/mol. The molecular formula is C25H26N2O5. The molecule has 7 heteroatoms. The Morgan fingerprint density at radius 2 is 1.72 bits per heavy atom. The Morgan fingerprint density at radius 1 is 0.969 bits per heavy atom. The first-order valence-electron chi connectivity index (χ1n) is 10.7. The Balaban J connectivity index is 1.51. The van der Waals surface area contributed by atoms with Gasteiger partial charge in [0.1, 0.15) is 5.75 Å². The molecule has 3 aromatic rings. The van der Waals surface area contributed by atoms with Gasteiger partial charge in [0.2, 0.25) is 6.79 Å². The van der Waals surface area contributed by atoms with Crippen LogP contribution < -0.4 is 14.2 Å². The minimum atomic E-state index is -0.317. The van der Waals surface area contributed by atoms with Crippen molar-refractivity contribution in [2.75, 3.05) is 19.9 Å². The molecule has 0 saturated carbocycles. The van der Waals surface area contributed by atoms with Crippen LogP contribution in [-0.4, -0.2) is 29.8 Å². The van der Waals surface area contributed by atoms with E-state index >= 15 is 0 Å². The summed E-state index contributed by atoms with van der Waals surface area (Å²) in [7, 11) is 0. The molecule has 4 rings (SSSR count). The van der Waals surface area contributed by atoms with E-state index in [1.54, 1.807) is 12.1 Å². The maximum atomic E-state index is 11.5. The molecular weight excluding hydrogens is 408 g/mol. The summed E-state index contributed by atoms with van der Waals surface area (Å²) in [5.41, 5.74) is 3.10. The van der Waals surface area contributed by atoms with Crippen molar-refractivity contribution in [3.8, 4) is 17.2 Å². The first-order chi connectivity index (χ1) is 15.6. The molecule has 1 aliphatic heterocycles. The summed E-state index contributed by atoms with van der Waals surface area (Å²) in [5, 5.41) is 11.5. The first kappa shape index (κ1) is 21.6. The van der Waals surface area contributed by atoms with Crippen molar-refractivity contribution < 1.29 is 19.1 Å². The molecule has 166 valence electrons. The van der Waals surface area contributed by atoms with Crippen molar-refractivity contribution in [2.45, 2.75) is 26.4 Å². The van der Waals surface area contributed by atoms with Gasteiger partial charge in [-0.1, -0.05) is 36.4 Å². The van der Waals surface area contributed by atoms with Gasteiger partial charge in [0.05, 0.1) is 11.5 Å². The molecule has 3 aromatic carbocycles.